The van der Waals surface area contributed by atoms with Crippen molar-refractivity contribution in [2.24, 2.45) is 0 Å². The molecule has 16 unspecified atom stereocenters. The van der Waals surface area contributed by atoms with Gasteiger partial charge in [0.25, 0.3) is 5.91 Å². The lowest BCUT2D eigenvalue weighted by molar-refractivity contribution is -0.277. The summed E-state index contributed by atoms with van der Waals surface area (Å²) in [6, 6.07) is 2.64. The van der Waals surface area contributed by atoms with E-state index in [1.54, 1.807) is 12.1 Å². The third kappa shape index (κ3) is 51.4. The highest BCUT2D eigenvalue weighted by molar-refractivity contribution is 7.45. The molecule has 3 heterocycles. The maximum atomic E-state index is 14.8. The third-order valence-corrected chi connectivity index (χ3v) is 23.4. The predicted octanol–water partition coefficient (Wildman–Crippen LogP) is 1.91. The average molecular weight is 2080 g/mol. The van der Waals surface area contributed by atoms with Gasteiger partial charge in [0.2, 0.25) is 53.2 Å². The highest BCUT2D eigenvalue weighted by Gasteiger charge is 2.55. The van der Waals surface area contributed by atoms with Crippen molar-refractivity contribution in [3.8, 4) is 18.1 Å². The van der Waals surface area contributed by atoms with E-state index in [1.165, 1.54) is 32.9 Å². The van der Waals surface area contributed by atoms with E-state index in [2.05, 4.69) is 63.8 Å². The number of amides is 10. The second-order valence-electron chi connectivity index (χ2n) is 34.9. The molecular weight excluding hydrogens is 1930 g/mol. The Hall–Kier alpha value is -11.5. The summed E-state index contributed by atoms with van der Waals surface area (Å²) < 4.78 is 112. The lowest BCUT2D eigenvalue weighted by atomic mass is 9.93. The topological polar surface area (TPSA) is 623 Å². The first kappa shape index (κ1) is 126. The quantitative estimate of drug-likeness (QED) is 0.0146. The van der Waals surface area contributed by atoms with Crippen LogP contribution in [0.5, 0.6) is 5.75 Å². The Morgan fingerprint density at radius 1 is 0.372 bits per heavy atom. The molecule has 3 aliphatic rings. The fourth-order valence-corrected chi connectivity index (χ4v) is 16.7. The minimum absolute atomic E-state index is 0.0102. The van der Waals surface area contributed by atoms with E-state index >= 15 is 0 Å². The number of carbonyl (C=O) groups is 19. The number of esters is 9. The van der Waals surface area contributed by atoms with E-state index in [0.29, 0.717) is 57.1 Å². The molecule has 10 amide bonds. The van der Waals surface area contributed by atoms with Gasteiger partial charge in [-0.3, -0.25) is 91.1 Å². The fourth-order valence-electron chi connectivity index (χ4n) is 15.1. The molecule has 145 heavy (non-hydrogen) atoms. The molecule has 0 radical (unpaired) electrons. The summed E-state index contributed by atoms with van der Waals surface area (Å²) in [4.78, 5) is 241. The van der Waals surface area contributed by atoms with Gasteiger partial charge in [-0.05, 0) is 116 Å². The summed E-state index contributed by atoms with van der Waals surface area (Å²) in [5.74, 6) is -8.48. The van der Waals surface area contributed by atoms with E-state index < -0.39 is 221 Å². The van der Waals surface area contributed by atoms with E-state index in [0.717, 1.165) is 62.3 Å². The van der Waals surface area contributed by atoms with Gasteiger partial charge >= 0.3 is 62.2 Å². The van der Waals surface area contributed by atoms with Gasteiger partial charge in [-0.15, -0.1) is 12.3 Å². The summed E-state index contributed by atoms with van der Waals surface area (Å²) in [6.45, 7) is 20.2. The van der Waals surface area contributed by atoms with Crippen LogP contribution in [-0.4, -0.2) is 339 Å². The summed E-state index contributed by atoms with van der Waals surface area (Å²) in [6.07, 6.45) is -7.54. The maximum absolute atomic E-state index is 14.8. The first-order chi connectivity index (χ1) is 68.8. The number of hydrogen-bond donors (Lipinski definition) is 10. The second-order valence-corrected chi connectivity index (χ2v) is 36.2. The molecule has 16 atom stereocenters. The van der Waals surface area contributed by atoms with E-state index in [-0.39, 0.29) is 185 Å². The number of ether oxygens (including phenoxy) is 17. The van der Waals surface area contributed by atoms with Crippen LogP contribution in [0.15, 0.2) is 24.3 Å². The van der Waals surface area contributed by atoms with E-state index in [1.807, 2.05) is 27.7 Å². The molecule has 4 rings (SSSR count). The zero-order valence-electron chi connectivity index (χ0n) is 85.7. The fraction of sp³-hybridized carbons (Fsp3) is 0.716. The summed E-state index contributed by atoms with van der Waals surface area (Å²) in [5, 5.41) is 27.8. The van der Waals surface area contributed by atoms with Crippen LogP contribution < -0.4 is 57.7 Å². The van der Waals surface area contributed by atoms with Crippen molar-refractivity contribution in [1.29, 1.82) is 0 Å². The Morgan fingerprint density at radius 2 is 0.669 bits per heavy atom. The number of nitrogens with one attached hydrogen (secondary N) is 10. The number of nitrogens with zero attached hydrogens (tertiary/aromatic N) is 1. The Balaban J connectivity index is 1.47. The molecule has 49 nitrogen and oxygen atoms in total. The summed E-state index contributed by atoms with van der Waals surface area (Å²) in [5.41, 5.74) is -1.45. The van der Waals surface area contributed by atoms with Gasteiger partial charge in [0.05, 0.1) is 38.6 Å². The normalized spacial score (nSPS) is 21.1. The van der Waals surface area contributed by atoms with Gasteiger partial charge in [-0.25, -0.2) is 4.67 Å². The molecular formula is C95H148N11O38P. The standard InChI is InChI=1S/C95H148N11O38P/c1-18-19-49-134-145(106(57(2)3)58(4)5)144-72-34-32-71(33-35-72)91(125)105-95(39-36-79(122)99-43-26-40-96-76(119)29-20-23-46-128-92-82(102-59(6)107)88(138-68(15)116)85(135-65(12)113)73(141-92)52-131-62(9)110,55-126-50-37-80(123)100-44-27-41-97-77(120)30-21-24-47-129-93-83(103-60(7)108)89(139-69(16)117)86(136-66(13)114)74(142-93)53-132-63(10)111)56-127-51-38-81(124)101-45-28-42-98-78(121)31-22-25-48-130-94-84(104-61(8)109)90(140-70(17)118)87(137-67(14)115)75(143-94)54-133-64(11)112/h1,32-35,57-58,73-75,82-90,92-94H,19-31,36-56H2,2-17H3,(H,96,119)(H,97,120)(H,98,121)(H,99,122)(H,100,123)(H,101,124)(H,102,107)(H,103,108)(H,104,109)(H,105,125). The van der Waals surface area contributed by atoms with Gasteiger partial charge in [0.1, 0.15) is 62.0 Å². The Morgan fingerprint density at radius 3 is 0.952 bits per heavy atom. The van der Waals surface area contributed by atoms with Crippen molar-refractivity contribution in [2.45, 2.75) is 329 Å². The molecule has 0 spiro atoms. The monoisotopic (exact) mass is 2080 g/mol. The number of carbonyl (C=O) groups excluding carboxylic acids is 19. The van der Waals surface area contributed by atoms with E-state index in [4.69, 9.17) is 96.0 Å². The van der Waals surface area contributed by atoms with Gasteiger partial charge in [-0.2, -0.15) is 0 Å². The van der Waals surface area contributed by atoms with Crippen LogP contribution >= 0.6 is 8.53 Å². The molecule has 50 heteroatoms. The number of hydrogen-bond acceptors (Lipinski definition) is 39. The lowest BCUT2D eigenvalue weighted by Crippen LogP contribution is -2.66. The van der Waals surface area contributed by atoms with Crippen molar-refractivity contribution < 1.29 is 181 Å². The minimum atomic E-state index is -1.70. The van der Waals surface area contributed by atoms with Crippen LogP contribution in [0, 0.1) is 12.3 Å². The predicted molar refractivity (Wildman–Crippen MR) is 509 cm³/mol. The SMILES string of the molecule is C#CCCOP(Oc1ccc(C(=O)NC(CCC(=O)NCCCNC(=O)CCCCOC2OC(COC(C)=O)C(OC(C)=O)C(OC(C)=O)C2NC(C)=O)(COCCC(=O)NCCCNC(=O)CCCCOC2OC(COC(C)=O)C(OC(C)=O)C(OC(C)=O)C2NC(C)=O)COCCC(=O)NCCCNC(=O)CCCCOC2OC(COC(C)=O)C(OC(C)=O)C(OC(C)=O)C2NC(C)=O)cc1)N(C(C)C)C(C)C. The van der Waals surface area contributed by atoms with Crippen molar-refractivity contribution in [1.82, 2.24) is 57.8 Å². The Labute approximate surface area is 845 Å². The molecule has 3 saturated heterocycles. The molecule has 0 aliphatic carbocycles. The Bertz CT molecular complexity index is 4220. The van der Waals surface area contributed by atoms with Crippen LogP contribution in [-0.2, 0) is 171 Å². The molecule has 1 aromatic rings. The Kier molecular flexibility index (Phi) is 59.7. The maximum Gasteiger partial charge on any atom is 0.321 e. The molecule has 10 N–H and O–H groups in total. The van der Waals surface area contributed by atoms with Gasteiger partial charge in [-0.1, -0.05) is 0 Å². The molecule has 3 fully saturated rings. The molecule has 1 aromatic carbocycles. The second kappa shape index (κ2) is 68.8. The summed E-state index contributed by atoms with van der Waals surface area (Å²) in [7, 11) is -1.70. The molecule has 0 bridgehead atoms. The summed E-state index contributed by atoms with van der Waals surface area (Å²) >= 11 is 0. The largest absolute Gasteiger partial charge is 0.463 e. The first-order valence-corrected chi connectivity index (χ1v) is 49.5. The zero-order chi connectivity index (χ0) is 108. The van der Waals surface area contributed by atoms with Crippen LogP contribution in [0.4, 0.5) is 0 Å². The van der Waals surface area contributed by atoms with Crippen molar-refractivity contribution in [2.75, 3.05) is 112 Å². The highest BCUT2D eigenvalue weighted by Crippen LogP contribution is 2.47. The van der Waals surface area contributed by atoms with Crippen molar-refractivity contribution in [3.05, 3.63) is 29.8 Å². The minimum Gasteiger partial charge on any atom is -0.463 e. The molecule has 816 valence electrons. The van der Waals surface area contributed by atoms with Crippen LogP contribution in [0.3, 0.4) is 0 Å². The zero-order valence-corrected chi connectivity index (χ0v) is 86.5. The van der Waals surface area contributed by atoms with Crippen molar-refractivity contribution in [3.63, 3.8) is 0 Å². The number of benzene rings is 1. The highest BCUT2D eigenvalue weighted by atomic mass is 31.2. The smallest absolute Gasteiger partial charge is 0.321 e. The van der Waals surface area contributed by atoms with Gasteiger partial charge in [0.15, 0.2) is 55.5 Å². The molecule has 0 aromatic heterocycles. The van der Waals surface area contributed by atoms with Crippen LogP contribution in [0.25, 0.3) is 0 Å². The van der Waals surface area contributed by atoms with E-state index in [9.17, 15) is 91.1 Å². The number of terminal acetylenes is 1. The van der Waals surface area contributed by atoms with Crippen LogP contribution in [0.2, 0.25) is 0 Å². The third-order valence-electron chi connectivity index (χ3n) is 21.4. The molecule has 3 aliphatic heterocycles. The number of unbranched alkanes of at least 4 members (excludes halogenated alkanes) is 3. The first-order valence-electron chi connectivity index (χ1n) is 48.4. The molecule has 0 saturated carbocycles. The average Bonchev–Trinajstić information content (AvgIpc) is 0.791. The van der Waals surface area contributed by atoms with Crippen LogP contribution in [0.1, 0.15) is 230 Å². The lowest BCUT2D eigenvalue weighted by Gasteiger charge is -2.44. The van der Waals surface area contributed by atoms with Crippen molar-refractivity contribution >= 4 is 121 Å². The van der Waals surface area contributed by atoms with Gasteiger partial charge < -0.3 is 143 Å². The van der Waals surface area contributed by atoms with Gasteiger partial charge in [0, 0.05) is 205 Å². The number of rotatable bonds is 68.